The maximum absolute atomic E-state index is 5.55. The first-order valence-electron chi connectivity index (χ1n) is 5.46. The van der Waals surface area contributed by atoms with E-state index in [1.165, 1.54) is 25.9 Å². The molecule has 0 bridgehead atoms. The van der Waals surface area contributed by atoms with Crippen LogP contribution in [0, 0.1) is 0 Å². The van der Waals surface area contributed by atoms with Crippen LogP contribution >= 0.6 is 0 Å². The zero-order chi connectivity index (χ0) is 10.3. The molecule has 0 aromatic carbocycles. The average molecular weight is 187 g/mol. The number of methoxy groups -OCH3 is 1. The fourth-order valence-electron chi connectivity index (χ4n) is 1.73. The zero-order valence-electron chi connectivity index (χ0n) is 9.89. The molecule has 1 heterocycles. The van der Waals surface area contributed by atoms with Gasteiger partial charge in [0.25, 0.3) is 0 Å². The van der Waals surface area contributed by atoms with E-state index in [0.29, 0.717) is 0 Å². The Bertz CT molecular complexity index is 111. The SMILES string of the molecule is CC.CCC1(OC)CCN(C)CC1. The lowest BCUT2D eigenvalue weighted by atomic mass is 9.89. The van der Waals surface area contributed by atoms with Crippen LogP contribution in [0.5, 0.6) is 0 Å². The molecule has 0 N–H and O–H groups in total. The van der Waals surface area contributed by atoms with Crippen molar-refractivity contribution < 1.29 is 4.74 Å². The van der Waals surface area contributed by atoms with Gasteiger partial charge in [0.1, 0.15) is 0 Å². The topological polar surface area (TPSA) is 12.5 Å². The van der Waals surface area contributed by atoms with Crippen molar-refractivity contribution in [3.8, 4) is 0 Å². The van der Waals surface area contributed by atoms with E-state index in [0.717, 1.165) is 6.42 Å². The van der Waals surface area contributed by atoms with E-state index in [1.54, 1.807) is 0 Å². The molecule has 1 aliphatic heterocycles. The highest BCUT2D eigenvalue weighted by molar-refractivity contribution is 4.84. The van der Waals surface area contributed by atoms with Crippen LogP contribution in [0.25, 0.3) is 0 Å². The van der Waals surface area contributed by atoms with Crippen LogP contribution in [0.2, 0.25) is 0 Å². The second kappa shape index (κ2) is 6.39. The van der Waals surface area contributed by atoms with E-state index < -0.39 is 0 Å². The lowest BCUT2D eigenvalue weighted by Gasteiger charge is -2.38. The van der Waals surface area contributed by atoms with Crippen molar-refractivity contribution in [2.24, 2.45) is 0 Å². The van der Waals surface area contributed by atoms with Crippen LogP contribution in [-0.2, 0) is 4.74 Å². The summed E-state index contributed by atoms with van der Waals surface area (Å²) in [4.78, 5) is 2.37. The van der Waals surface area contributed by atoms with Crippen molar-refractivity contribution in [2.45, 2.75) is 45.6 Å². The molecular formula is C11H25NO. The summed E-state index contributed by atoms with van der Waals surface area (Å²) in [6, 6.07) is 0. The fraction of sp³-hybridized carbons (Fsp3) is 1.00. The van der Waals surface area contributed by atoms with Gasteiger partial charge in [-0.1, -0.05) is 20.8 Å². The molecule has 0 radical (unpaired) electrons. The van der Waals surface area contributed by atoms with E-state index >= 15 is 0 Å². The molecule has 1 fully saturated rings. The Balaban J connectivity index is 0.000000671. The lowest BCUT2D eigenvalue weighted by Crippen LogP contribution is -2.43. The Morgan fingerprint density at radius 2 is 1.69 bits per heavy atom. The molecule has 1 aliphatic rings. The second-order valence-corrected chi connectivity index (χ2v) is 3.54. The minimum atomic E-state index is 0.201. The Labute approximate surface area is 83.3 Å². The molecule has 0 spiro atoms. The van der Waals surface area contributed by atoms with Gasteiger partial charge in [0, 0.05) is 20.2 Å². The third-order valence-electron chi connectivity index (χ3n) is 2.98. The summed E-state index contributed by atoms with van der Waals surface area (Å²) in [6.45, 7) is 8.58. The van der Waals surface area contributed by atoms with Crippen LogP contribution in [0.3, 0.4) is 0 Å². The molecule has 1 rings (SSSR count). The summed E-state index contributed by atoms with van der Waals surface area (Å²) < 4.78 is 5.55. The van der Waals surface area contributed by atoms with Crippen LogP contribution in [-0.4, -0.2) is 37.7 Å². The van der Waals surface area contributed by atoms with Gasteiger partial charge in [-0.3, -0.25) is 0 Å². The van der Waals surface area contributed by atoms with Gasteiger partial charge < -0.3 is 9.64 Å². The number of rotatable bonds is 2. The average Bonchev–Trinajstić information content (AvgIpc) is 2.23. The van der Waals surface area contributed by atoms with Crippen LogP contribution in [0.15, 0.2) is 0 Å². The minimum absolute atomic E-state index is 0.201. The first-order valence-corrected chi connectivity index (χ1v) is 5.46. The van der Waals surface area contributed by atoms with Crippen molar-refractivity contribution in [2.75, 3.05) is 27.2 Å². The fourth-order valence-corrected chi connectivity index (χ4v) is 1.73. The van der Waals surface area contributed by atoms with Gasteiger partial charge in [-0.15, -0.1) is 0 Å². The van der Waals surface area contributed by atoms with Gasteiger partial charge in [-0.05, 0) is 26.3 Å². The largest absolute Gasteiger partial charge is 0.378 e. The highest BCUT2D eigenvalue weighted by Crippen LogP contribution is 2.27. The van der Waals surface area contributed by atoms with Crippen molar-refractivity contribution >= 4 is 0 Å². The monoisotopic (exact) mass is 187 g/mol. The first-order chi connectivity index (χ1) is 6.22. The molecule has 0 aromatic heterocycles. The molecule has 1 saturated heterocycles. The lowest BCUT2D eigenvalue weighted by molar-refractivity contribution is -0.0555. The maximum Gasteiger partial charge on any atom is 0.0700 e. The molecular weight excluding hydrogens is 162 g/mol. The molecule has 0 aromatic rings. The van der Waals surface area contributed by atoms with E-state index in [2.05, 4.69) is 18.9 Å². The van der Waals surface area contributed by atoms with Gasteiger partial charge in [0.05, 0.1) is 5.60 Å². The molecule has 2 nitrogen and oxygen atoms in total. The smallest absolute Gasteiger partial charge is 0.0700 e. The zero-order valence-corrected chi connectivity index (χ0v) is 9.89. The number of nitrogens with zero attached hydrogens (tertiary/aromatic N) is 1. The van der Waals surface area contributed by atoms with Crippen molar-refractivity contribution in [1.29, 1.82) is 0 Å². The van der Waals surface area contributed by atoms with Crippen LogP contribution in [0.1, 0.15) is 40.0 Å². The van der Waals surface area contributed by atoms with Gasteiger partial charge >= 0.3 is 0 Å². The quantitative estimate of drug-likeness (QED) is 0.658. The predicted molar refractivity (Wildman–Crippen MR) is 58.1 cm³/mol. The first kappa shape index (κ1) is 12.9. The maximum atomic E-state index is 5.55. The number of hydrogen-bond acceptors (Lipinski definition) is 2. The van der Waals surface area contributed by atoms with E-state index in [9.17, 15) is 0 Å². The summed E-state index contributed by atoms with van der Waals surface area (Å²) in [5.74, 6) is 0. The summed E-state index contributed by atoms with van der Waals surface area (Å²) in [5.41, 5.74) is 0.201. The van der Waals surface area contributed by atoms with E-state index in [1.807, 2.05) is 21.0 Å². The molecule has 2 heteroatoms. The summed E-state index contributed by atoms with van der Waals surface area (Å²) in [7, 11) is 4.02. The Hall–Kier alpha value is -0.0800. The number of likely N-dealkylation sites (tertiary alicyclic amines) is 1. The summed E-state index contributed by atoms with van der Waals surface area (Å²) in [5, 5.41) is 0. The summed E-state index contributed by atoms with van der Waals surface area (Å²) in [6.07, 6.45) is 3.53. The van der Waals surface area contributed by atoms with Gasteiger partial charge in [-0.25, -0.2) is 0 Å². The van der Waals surface area contributed by atoms with Gasteiger partial charge in [0.2, 0.25) is 0 Å². The van der Waals surface area contributed by atoms with Crippen LogP contribution in [0.4, 0.5) is 0 Å². The third-order valence-corrected chi connectivity index (χ3v) is 2.98. The highest BCUT2D eigenvalue weighted by atomic mass is 16.5. The summed E-state index contributed by atoms with van der Waals surface area (Å²) >= 11 is 0. The van der Waals surface area contributed by atoms with Crippen molar-refractivity contribution in [1.82, 2.24) is 4.90 Å². The highest BCUT2D eigenvalue weighted by Gasteiger charge is 2.31. The van der Waals surface area contributed by atoms with Gasteiger partial charge in [-0.2, -0.15) is 0 Å². The van der Waals surface area contributed by atoms with Crippen molar-refractivity contribution in [3.05, 3.63) is 0 Å². The number of ether oxygens (including phenoxy) is 1. The predicted octanol–water partition coefficient (Wildman–Crippen LogP) is 2.53. The standard InChI is InChI=1S/C9H19NO.C2H6/c1-4-9(11-3)5-7-10(2)8-6-9;1-2/h4-8H2,1-3H3;1-2H3. The Morgan fingerprint density at radius 1 is 1.23 bits per heavy atom. The molecule has 0 saturated carbocycles. The second-order valence-electron chi connectivity index (χ2n) is 3.54. The third kappa shape index (κ3) is 3.65. The Kier molecular flexibility index (Phi) is 6.35. The molecule has 0 amide bonds. The molecule has 13 heavy (non-hydrogen) atoms. The Morgan fingerprint density at radius 3 is 2.00 bits per heavy atom. The van der Waals surface area contributed by atoms with E-state index in [4.69, 9.17) is 4.74 Å². The molecule has 0 atom stereocenters. The molecule has 0 aliphatic carbocycles. The molecule has 0 unspecified atom stereocenters. The van der Waals surface area contributed by atoms with E-state index in [-0.39, 0.29) is 5.60 Å². The van der Waals surface area contributed by atoms with Gasteiger partial charge in [0.15, 0.2) is 0 Å². The normalized spacial score (nSPS) is 21.9. The molecule has 80 valence electrons. The minimum Gasteiger partial charge on any atom is -0.378 e. The van der Waals surface area contributed by atoms with Crippen molar-refractivity contribution in [3.63, 3.8) is 0 Å². The number of hydrogen-bond donors (Lipinski definition) is 0. The van der Waals surface area contributed by atoms with Crippen LogP contribution < -0.4 is 0 Å². The number of piperidine rings is 1.